The number of hydrogen-bond acceptors (Lipinski definition) is 10. The Morgan fingerprint density at radius 1 is 1.10 bits per heavy atom. The molecular formula is C17H12N4O4S4. The number of thioether (sulfide) groups is 1. The summed E-state index contributed by atoms with van der Waals surface area (Å²) in [5.74, 6) is 0. The number of anilines is 2. The third kappa shape index (κ3) is 3.83. The van der Waals surface area contributed by atoms with E-state index >= 15 is 0 Å². The number of fused-ring (bicyclic) bond motifs is 1. The Bertz CT molecular complexity index is 1310. The minimum atomic E-state index is -3.82. The van der Waals surface area contributed by atoms with Crippen molar-refractivity contribution in [3.63, 3.8) is 0 Å². The quantitative estimate of drug-likeness (QED) is 0.242. The van der Waals surface area contributed by atoms with Gasteiger partial charge in [-0.15, -0.1) is 11.8 Å². The molecule has 2 aromatic heterocycles. The minimum Gasteiger partial charge on any atom is -0.307 e. The highest BCUT2D eigenvalue weighted by atomic mass is 32.2. The molecular weight excluding hydrogens is 452 g/mol. The monoisotopic (exact) mass is 464 g/mol. The van der Waals surface area contributed by atoms with Crippen LogP contribution in [-0.4, -0.2) is 29.6 Å². The summed E-state index contributed by atoms with van der Waals surface area (Å²) in [5, 5.41) is 14.8. The van der Waals surface area contributed by atoms with Crippen LogP contribution in [0.1, 0.15) is 0 Å². The van der Waals surface area contributed by atoms with E-state index in [-0.39, 0.29) is 14.8 Å². The summed E-state index contributed by atoms with van der Waals surface area (Å²) < 4.78 is 26.6. The van der Waals surface area contributed by atoms with Crippen molar-refractivity contribution >= 4 is 70.4 Å². The van der Waals surface area contributed by atoms with Gasteiger partial charge in [0.1, 0.15) is 4.21 Å². The van der Waals surface area contributed by atoms with Gasteiger partial charge in [0.2, 0.25) is 9.84 Å². The summed E-state index contributed by atoms with van der Waals surface area (Å²) >= 11 is 4.04. The molecule has 1 N–H and O–H groups in total. The molecule has 0 radical (unpaired) electrons. The number of rotatable bonds is 6. The van der Waals surface area contributed by atoms with Gasteiger partial charge in [0.25, 0.3) is 5.69 Å². The molecule has 12 heteroatoms. The standard InChI is InChI=1S/C17H12N4O4S4/c1-26-12-3-2-4-13-15(12)19-17(27-13)20-16-18-9-14(28-16)29(24,25)11-7-5-10(6-8-11)21(22)23/h2-9H,1H3,(H,18,19,20). The van der Waals surface area contributed by atoms with Crippen molar-refractivity contribution in [1.29, 1.82) is 0 Å². The van der Waals surface area contributed by atoms with Gasteiger partial charge in [-0.2, -0.15) is 0 Å². The molecule has 29 heavy (non-hydrogen) atoms. The summed E-state index contributed by atoms with van der Waals surface area (Å²) in [4.78, 5) is 19.9. The molecule has 0 aliphatic rings. The topological polar surface area (TPSA) is 115 Å². The summed E-state index contributed by atoms with van der Waals surface area (Å²) in [6.45, 7) is 0. The van der Waals surface area contributed by atoms with Crippen LogP contribution < -0.4 is 5.32 Å². The highest BCUT2D eigenvalue weighted by molar-refractivity contribution is 7.98. The Labute approximate surface area is 177 Å². The first-order valence-corrected chi connectivity index (χ1v) is 12.4. The lowest BCUT2D eigenvalue weighted by Gasteiger charge is -2.00. The maximum absolute atomic E-state index is 12.8. The lowest BCUT2D eigenvalue weighted by atomic mass is 10.3. The van der Waals surface area contributed by atoms with Gasteiger partial charge in [-0.1, -0.05) is 28.7 Å². The number of non-ortho nitro benzene ring substituents is 1. The largest absolute Gasteiger partial charge is 0.307 e. The van der Waals surface area contributed by atoms with Crippen LogP contribution in [0.4, 0.5) is 16.0 Å². The molecule has 0 bridgehead atoms. The third-order valence-corrected chi connectivity index (χ3v) is 8.77. The number of nitro benzene ring substituents is 1. The first kappa shape index (κ1) is 19.8. The normalized spacial score (nSPS) is 11.6. The molecule has 0 unspecified atom stereocenters. The van der Waals surface area contributed by atoms with Crippen molar-refractivity contribution in [2.45, 2.75) is 14.0 Å². The highest BCUT2D eigenvalue weighted by Crippen LogP contribution is 2.35. The third-order valence-electron chi connectivity index (χ3n) is 3.92. The van der Waals surface area contributed by atoms with E-state index in [9.17, 15) is 18.5 Å². The molecule has 8 nitrogen and oxygen atoms in total. The second-order valence-corrected chi connectivity index (χ2v) is 10.8. The van der Waals surface area contributed by atoms with Gasteiger partial charge < -0.3 is 5.32 Å². The lowest BCUT2D eigenvalue weighted by molar-refractivity contribution is -0.384. The van der Waals surface area contributed by atoms with E-state index in [1.807, 2.05) is 24.5 Å². The summed E-state index contributed by atoms with van der Waals surface area (Å²) in [5.41, 5.74) is 0.721. The fraction of sp³-hybridized carbons (Fsp3) is 0.0588. The Balaban J connectivity index is 1.60. The van der Waals surface area contributed by atoms with Crippen molar-refractivity contribution in [2.24, 2.45) is 0 Å². The maximum atomic E-state index is 12.8. The van der Waals surface area contributed by atoms with Crippen LogP contribution in [0.15, 0.2) is 62.7 Å². The van der Waals surface area contributed by atoms with Gasteiger partial charge in [-0.3, -0.25) is 10.1 Å². The zero-order valence-electron chi connectivity index (χ0n) is 14.7. The number of aromatic nitrogens is 2. The van der Waals surface area contributed by atoms with Gasteiger partial charge in [0.05, 0.1) is 26.2 Å². The first-order chi connectivity index (χ1) is 13.9. The molecule has 148 valence electrons. The lowest BCUT2D eigenvalue weighted by Crippen LogP contribution is -1.99. The van der Waals surface area contributed by atoms with Crippen LogP contribution in [0.25, 0.3) is 10.2 Å². The Kier molecular flexibility index (Phi) is 5.25. The summed E-state index contributed by atoms with van der Waals surface area (Å²) in [6.07, 6.45) is 3.25. The minimum absolute atomic E-state index is 0.0251. The predicted molar refractivity (Wildman–Crippen MR) is 115 cm³/mol. The highest BCUT2D eigenvalue weighted by Gasteiger charge is 2.22. The molecule has 4 rings (SSSR count). The van der Waals surface area contributed by atoms with E-state index in [0.29, 0.717) is 10.3 Å². The maximum Gasteiger partial charge on any atom is 0.269 e. The molecule has 0 aliphatic carbocycles. The van der Waals surface area contributed by atoms with E-state index in [2.05, 4.69) is 15.3 Å². The summed E-state index contributed by atoms with van der Waals surface area (Å²) in [7, 11) is -3.82. The Morgan fingerprint density at radius 3 is 2.55 bits per heavy atom. The van der Waals surface area contributed by atoms with E-state index < -0.39 is 14.8 Å². The number of nitro groups is 1. The zero-order valence-corrected chi connectivity index (χ0v) is 18.0. The Morgan fingerprint density at radius 2 is 1.86 bits per heavy atom. The van der Waals surface area contributed by atoms with Crippen LogP contribution in [0.3, 0.4) is 0 Å². The second-order valence-electron chi connectivity index (χ2n) is 5.69. The van der Waals surface area contributed by atoms with Gasteiger partial charge in [0.15, 0.2) is 10.3 Å². The molecule has 0 aliphatic heterocycles. The van der Waals surface area contributed by atoms with Crippen LogP contribution in [0.5, 0.6) is 0 Å². The fourth-order valence-corrected chi connectivity index (χ4v) is 6.55. The van der Waals surface area contributed by atoms with Crippen LogP contribution in [0, 0.1) is 10.1 Å². The fourth-order valence-electron chi connectivity index (χ4n) is 2.54. The molecule has 0 saturated heterocycles. The molecule has 0 saturated carbocycles. The zero-order chi connectivity index (χ0) is 20.6. The van der Waals surface area contributed by atoms with Crippen molar-refractivity contribution in [1.82, 2.24) is 9.97 Å². The predicted octanol–water partition coefficient (Wildman–Crippen LogP) is 4.96. The molecule has 0 fully saturated rings. The van der Waals surface area contributed by atoms with E-state index in [4.69, 9.17) is 0 Å². The van der Waals surface area contributed by atoms with E-state index in [1.165, 1.54) is 29.7 Å². The number of para-hydroxylation sites is 1. The average molecular weight is 465 g/mol. The van der Waals surface area contributed by atoms with E-state index in [0.717, 1.165) is 38.6 Å². The van der Waals surface area contributed by atoms with Crippen LogP contribution in [0.2, 0.25) is 0 Å². The molecule has 4 aromatic rings. The number of nitrogens with one attached hydrogen (secondary N) is 1. The molecule has 0 atom stereocenters. The average Bonchev–Trinajstić information content (AvgIpc) is 3.35. The Hall–Kier alpha value is -2.54. The number of benzene rings is 2. The van der Waals surface area contributed by atoms with Gasteiger partial charge in [-0.25, -0.2) is 18.4 Å². The van der Waals surface area contributed by atoms with Crippen molar-refractivity contribution < 1.29 is 13.3 Å². The van der Waals surface area contributed by atoms with Crippen molar-refractivity contribution in [3.05, 3.63) is 58.8 Å². The van der Waals surface area contributed by atoms with Crippen LogP contribution in [-0.2, 0) is 9.84 Å². The second kappa shape index (κ2) is 7.71. The van der Waals surface area contributed by atoms with Crippen molar-refractivity contribution in [2.75, 3.05) is 11.6 Å². The number of hydrogen-bond donors (Lipinski definition) is 1. The van der Waals surface area contributed by atoms with Crippen molar-refractivity contribution in [3.8, 4) is 0 Å². The molecule has 0 spiro atoms. The summed E-state index contributed by atoms with van der Waals surface area (Å²) in [6, 6.07) is 10.7. The van der Waals surface area contributed by atoms with Crippen LogP contribution >= 0.6 is 34.4 Å². The molecule has 0 amide bonds. The first-order valence-electron chi connectivity index (χ1n) is 8.04. The number of thiazole rings is 2. The number of sulfone groups is 1. The smallest absolute Gasteiger partial charge is 0.269 e. The van der Waals surface area contributed by atoms with Gasteiger partial charge in [0, 0.05) is 17.0 Å². The molecule has 2 aromatic carbocycles. The van der Waals surface area contributed by atoms with E-state index in [1.54, 1.807) is 11.8 Å². The number of nitrogens with zero attached hydrogens (tertiary/aromatic N) is 3. The SMILES string of the molecule is CSc1cccc2sc(Nc3ncc(S(=O)(=O)c4ccc([N+](=O)[O-])cc4)s3)nc12. The van der Waals surface area contributed by atoms with Gasteiger partial charge >= 0.3 is 0 Å². The molecule has 2 heterocycles. The van der Waals surface area contributed by atoms with Gasteiger partial charge in [-0.05, 0) is 30.5 Å².